The van der Waals surface area contributed by atoms with E-state index < -0.39 is 10.0 Å². The van der Waals surface area contributed by atoms with Crippen molar-refractivity contribution in [3.05, 3.63) is 35.4 Å². The Morgan fingerprint density at radius 3 is 2.75 bits per heavy atom. The molecule has 0 aromatic heterocycles. The fourth-order valence-electron chi connectivity index (χ4n) is 2.41. The Hall–Kier alpha value is -0.560. The molecule has 4 nitrogen and oxygen atoms in total. The number of thioether (sulfide) groups is 1. The SMILES string of the molecule is CC1SCCN(S(=O)(=O)Cc2cccc(CO)c2)C1C. The molecule has 1 heterocycles. The van der Waals surface area contributed by atoms with Crippen LogP contribution in [0.1, 0.15) is 25.0 Å². The van der Waals surface area contributed by atoms with Gasteiger partial charge in [0.25, 0.3) is 0 Å². The molecule has 1 aromatic carbocycles. The molecule has 1 aliphatic heterocycles. The van der Waals surface area contributed by atoms with Gasteiger partial charge in [-0.15, -0.1) is 0 Å². The number of hydrogen-bond donors (Lipinski definition) is 1. The summed E-state index contributed by atoms with van der Waals surface area (Å²) >= 11 is 1.82. The van der Waals surface area contributed by atoms with Crippen LogP contribution in [0.3, 0.4) is 0 Å². The van der Waals surface area contributed by atoms with Crippen molar-refractivity contribution >= 4 is 21.8 Å². The first kappa shape index (κ1) is 15.8. The molecule has 0 bridgehead atoms. The Morgan fingerprint density at radius 1 is 1.35 bits per heavy atom. The van der Waals surface area contributed by atoms with Gasteiger partial charge in [-0.05, 0) is 18.1 Å². The third kappa shape index (κ3) is 3.55. The number of sulfonamides is 1. The molecule has 0 aliphatic carbocycles. The quantitative estimate of drug-likeness (QED) is 0.921. The van der Waals surface area contributed by atoms with Crippen LogP contribution >= 0.6 is 11.8 Å². The van der Waals surface area contributed by atoms with E-state index >= 15 is 0 Å². The lowest BCUT2D eigenvalue weighted by Crippen LogP contribution is -2.48. The molecule has 1 N–H and O–H groups in total. The number of rotatable bonds is 4. The Bertz CT molecular complexity index is 559. The molecule has 20 heavy (non-hydrogen) atoms. The maximum atomic E-state index is 12.6. The average molecular weight is 315 g/mol. The summed E-state index contributed by atoms with van der Waals surface area (Å²) in [7, 11) is -3.31. The van der Waals surface area contributed by atoms with Crippen molar-refractivity contribution in [3.63, 3.8) is 0 Å². The fraction of sp³-hybridized carbons (Fsp3) is 0.571. The van der Waals surface area contributed by atoms with E-state index in [0.717, 1.165) is 16.9 Å². The van der Waals surface area contributed by atoms with Gasteiger partial charge in [-0.2, -0.15) is 16.1 Å². The summed E-state index contributed by atoms with van der Waals surface area (Å²) in [6.45, 7) is 4.56. The number of aliphatic hydroxyl groups excluding tert-OH is 1. The van der Waals surface area contributed by atoms with E-state index in [1.54, 1.807) is 28.6 Å². The van der Waals surface area contributed by atoms with Gasteiger partial charge in [-0.3, -0.25) is 0 Å². The number of benzene rings is 1. The molecule has 2 unspecified atom stereocenters. The Balaban J connectivity index is 2.17. The minimum absolute atomic E-state index is 0.00255. The first-order valence-corrected chi connectivity index (χ1v) is 9.39. The van der Waals surface area contributed by atoms with Crippen LogP contribution in [0.4, 0.5) is 0 Å². The van der Waals surface area contributed by atoms with Crippen molar-refractivity contribution in [1.29, 1.82) is 0 Å². The Labute approximate surface area is 125 Å². The molecular weight excluding hydrogens is 294 g/mol. The molecule has 0 amide bonds. The molecule has 0 radical (unpaired) electrons. The largest absolute Gasteiger partial charge is 0.392 e. The zero-order chi connectivity index (χ0) is 14.8. The summed E-state index contributed by atoms with van der Waals surface area (Å²) in [5.41, 5.74) is 1.47. The minimum Gasteiger partial charge on any atom is -0.392 e. The average Bonchev–Trinajstić information content (AvgIpc) is 2.41. The van der Waals surface area contributed by atoms with Gasteiger partial charge >= 0.3 is 0 Å². The predicted octanol–water partition coefficient (Wildman–Crippen LogP) is 1.83. The van der Waals surface area contributed by atoms with Crippen molar-refractivity contribution in [3.8, 4) is 0 Å². The van der Waals surface area contributed by atoms with E-state index in [1.165, 1.54) is 0 Å². The molecule has 2 atom stereocenters. The van der Waals surface area contributed by atoms with Crippen LogP contribution in [0.15, 0.2) is 24.3 Å². The van der Waals surface area contributed by atoms with Gasteiger partial charge in [-0.1, -0.05) is 31.2 Å². The van der Waals surface area contributed by atoms with E-state index in [1.807, 2.05) is 18.7 Å². The number of aliphatic hydroxyl groups is 1. The molecule has 1 fully saturated rings. The van der Waals surface area contributed by atoms with Gasteiger partial charge < -0.3 is 5.11 Å². The summed E-state index contributed by atoms with van der Waals surface area (Å²) in [6, 6.07) is 7.15. The van der Waals surface area contributed by atoms with Crippen LogP contribution in [0.2, 0.25) is 0 Å². The van der Waals surface area contributed by atoms with Gasteiger partial charge in [0.05, 0.1) is 12.4 Å². The maximum absolute atomic E-state index is 12.6. The van der Waals surface area contributed by atoms with Gasteiger partial charge in [-0.25, -0.2) is 8.42 Å². The molecule has 1 aromatic rings. The highest BCUT2D eigenvalue weighted by Gasteiger charge is 2.33. The first-order valence-electron chi connectivity index (χ1n) is 6.74. The van der Waals surface area contributed by atoms with E-state index in [9.17, 15) is 8.42 Å². The third-order valence-corrected chi connectivity index (χ3v) is 6.97. The van der Waals surface area contributed by atoms with Crippen LogP contribution in [0, 0.1) is 0 Å². The highest BCUT2D eigenvalue weighted by Crippen LogP contribution is 2.27. The molecule has 1 aliphatic rings. The normalized spacial score (nSPS) is 24.8. The smallest absolute Gasteiger partial charge is 0.218 e. The fourth-order valence-corrected chi connectivity index (χ4v) is 5.53. The van der Waals surface area contributed by atoms with Gasteiger partial charge in [0.1, 0.15) is 0 Å². The van der Waals surface area contributed by atoms with Crippen LogP contribution in [0.5, 0.6) is 0 Å². The second-order valence-electron chi connectivity index (χ2n) is 5.16. The van der Waals surface area contributed by atoms with E-state index in [0.29, 0.717) is 11.8 Å². The van der Waals surface area contributed by atoms with Crippen LogP contribution in [-0.2, 0) is 22.4 Å². The zero-order valence-corrected chi connectivity index (χ0v) is 13.5. The van der Waals surface area contributed by atoms with Crippen LogP contribution in [-0.4, -0.2) is 41.4 Å². The minimum atomic E-state index is -3.31. The van der Waals surface area contributed by atoms with Gasteiger partial charge in [0, 0.05) is 23.6 Å². The number of hydrogen-bond acceptors (Lipinski definition) is 4. The second kappa shape index (κ2) is 6.47. The van der Waals surface area contributed by atoms with E-state index in [2.05, 4.69) is 6.92 Å². The molecular formula is C14H21NO3S2. The van der Waals surface area contributed by atoms with Crippen molar-refractivity contribution in [2.75, 3.05) is 12.3 Å². The topological polar surface area (TPSA) is 57.6 Å². The Morgan fingerprint density at radius 2 is 2.05 bits per heavy atom. The molecule has 1 saturated heterocycles. The lowest BCUT2D eigenvalue weighted by molar-refractivity contribution is 0.281. The Kier molecular flexibility index (Phi) is 5.12. The van der Waals surface area contributed by atoms with Crippen LogP contribution < -0.4 is 0 Å². The monoisotopic (exact) mass is 315 g/mol. The highest BCUT2D eigenvalue weighted by atomic mass is 32.2. The van der Waals surface area contributed by atoms with Gasteiger partial charge in [0.2, 0.25) is 10.0 Å². The molecule has 6 heteroatoms. The predicted molar refractivity (Wildman–Crippen MR) is 83.1 cm³/mol. The molecule has 0 spiro atoms. The first-order chi connectivity index (χ1) is 9.44. The molecule has 112 valence electrons. The van der Waals surface area contributed by atoms with Crippen molar-refractivity contribution in [2.24, 2.45) is 0 Å². The zero-order valence-electron chi connectivity index (χ0n) is 11.8. The summed E-state index contributed by atoms with van der Waals surface area (Å²) in [4.78, 5) is 0. The van der Waals surface area contributed by atoms with Gasteiger partial charge in [0.15, 0.2) is 0 Å². The van der Waals surface area contributed by atoms with Crippen molar-refractivity contribution < 1.29 is 13.5 Å². The lowest BCUT2D eigenvalue weighted by atomic mass is 10.1. The van der Waals surface area contributed by atoms with Crippen molar-refractivity contribution in [2.45, 2.75) is 37.5 Å². The van der Waals surface area contributed by atoms with Crippen LogP contribution in [0.25, 0.3) is 0 Å². The summed E-state index contributed by atoms with van der Waals surface area (Å²) < 4.78 is 26.8. The summed E-state index contributed by atoms with van der Waals surface area (Å²) in [5, 5.41) is 9.44. The second-order valence-corrected chi connectivity index (χ2v) is 8.57. The lowest BCUT2D eigenvalue weighted by Gasteiger charge is -2.36. The number of nitrogens with zero attached hydrogens (tertiary/aromatic N) is 1. The maximum Gasteiger partial charge on any atom is 0.218 e. The highest BCUT2D eigenvalue weighted by molar-refractivity contribution is 8.00. The summed E-state index contributed by atoms with van der Waals surface area (Å²) in [6.07, 6.45) is 0. The summed E-state index contributed by atoms with van der Waals surface area (Å²) in [5.74, 6) is 0.851. The molecule has 2 rings (SSSR count). The van der Waals surface area contributed by atoms with E-state index in [4.69, 9.17) is 5.11 Å². The van der Waals surface area contributed by atoms with E-state index in [-0.39, 0.29) is 18.4 Å². The van der Waals surface area contributed by atoms with Crippen molar-refractivity contribution in [1.82, 2.24) is 4.31 Å². The molecule has 0 saturated carbocycles. The standard InChI is InChI=1S/C14H21NO3S2/c1-11-12(2)19-7-6-15(11)20(17,18)10-14-5-3-4-13(8-14)9-16/h3-5,8,11-12,16H,6-7,9-10H2,1-2H3. The third-order valence-electron chi connectivity index (χ3n) is 3.71.